The van der Waals surface area contributed by atoms with Crippen LogP contribution in [0.15, 0.2) is 42.5 Å². The molecular formula is C11H8N2O3. The summed E-state index contributed by atoms with van der Waals surface area (Å²) in [4.78, 5) is 21.7. The summed E-state index contributed by atoms with van der Waals surface area (Å²) in [6.45, 7) is 0. The van der Waals surface area contributed by atoms with Crippen LogP contribution in [0.5, 0.6) is 0 Å². The number of hydrogen-bond donors (Lipinski definition) is 1. The Morgan fingerprint density at radius 3 is 2.56 bits per heavy atom. The Labute approximate surface area is 90.8 Å². The molecule has 0 spiro atoms. The van der Waals surface area contributed by atoms with Crippen LogP contribution in [0.25, 0.3) is 10.8 Å². The zero-order valence-electron chi connectivity index (χ0n) is 8.21. The molecule has 0 saturated carbocycles. The first-order chi connectivity index (χ1) is 7.68. The number of benzene rings is 2. The normalized spacial score (nSPS) is 10.0. The van der Waals surface area contributed by atoms with Crippen LogP contribution in [0.2, 0.25) is 0 Å². The SMILES string of the molecule is O=C(N[N+](=O)[O-])c1cccc2ccccc12. The van der Waals surface area contributed by atoms with Gasteiger partial charge in [-0.25, -0.2) is 10.1 Å². The van der Waals surface area contributed by atoms with E-state index in [2.05, 4.69) is 0 Å². The van der Waals surface area contributed by atoms with Gasteiger partial charge in [0, 0.05) is 0 Å². The minimum Gasteiger partial charge on any atom is -0.263 e. The number of nitrogens with one attached hydrogen (secondary N) is 1. The molecule has 0 bridgehead atoms. The van der Waals surface area contributed by atoms with E-state index in [0.29, 0.717) is 10.9 Å². The molecule has 5 nitrogen and oxygen atoms in total. The summed E-state index contributed by atoms with van der Waals surface area (Å²) in [5.41, 5.74) is 1.94. The molecule has 0 aliphatic carbocycles. The van der Waals surface area contributed by atoms with E-state index < -0.39 is 10.9 Å². The number of hydrazine groups is 1. The molecule has 1 amide bonds. The Balaban J connectivity index is 2.52. The van der Waals surface area contributed by atoms with Crippen LogP contribution in [0.4, 0.5) is 0 Å². The number of fused-ring (bicyclic) bond motifs is 1. The van der Waals surface area contributed by atoms with Crippen molar-refractivity contribution in [2.75, 3.05) is 0 Å². The van der Waals surface area contributed by atoms with Gasteiger partial charge in [0.05, 0.1) is 5.56 Å². The van der Waals surface area contributed by atoms with Crippen LogP contribution in [0, 0.1) is 10.1 Å². The molecule has 2 rings (SSSR count). The Morgan fingerprint density at radius 1 is 1.12 bits per heavy atom. The topological polar surface area (TPSA) is 72.2 Å². The van der Waals surface area contributed by atoms with Crippen molar-refractivity contribution in [3.8, 4) is 0 Å². The van der Waals surface area contributed by atoms with Gasteiger partial charge in [-0.3, -0.25) is 4.79 Å². The number of nitrogens with zero attached hydrogens (tertiary/aromatic N) is 1. The molecule has 0 aliphatic rings. The van der Waals surface area contributed by atoms with Crippen LogP contribution < -0.4 is 5.43 Å². The minimum absolute atomic E-state index is 0.301. The maximum Gasteiger partial charge on any atom is 0.311 e. The highest BCUT2D eigenvalue weighted by Crippen LogP contribution is 2.18. The second-order valence-electron chi connectivity index (χ2n) is 3.22. The fraction of sp³-hybridized carbons (Fsp3) is 0. The molecule has 0 atom stereocenters. The number of carbonyl (C=O) groups is 1. The van der Waals surface area contributed by atoms with Gasteiger partial charge in [0.15, 0.2) is 5.03 Å². The van der Waals surface area contributed by atoms with Gasteiger partial charge in [-0.1, -0.05) is 41.8 Å². The molecule has 80 valence electrons. The summed E-state index contributed by atoms with van der Waals surface area (Å²) >= 11 is 0. The Kier molecular flexibility index (Phi) is 2.51. The molecular weight excluding hydrogens is 208 g/mol. The molecule has 0 saturated heterocycles. The molecule has 1 N–H and O–H groups in total. The highest BCUT2D eigenvalue weighted by atomic mass is 16.7. The average molecular weight is 216 g/mol. The average Bonchev–Trinajstić information content (AvgIpc) is 2.27. The van der Waals surface area contributed by atoms with Gasteiger partial charge >= 0.3 is 5.91 Å². The number of amides is 1. The molecule has 0 unspecified atom stereocenters. The van der Waals surface area contributed by atoms with Gasteiger partial charge in [0.1, 0.15) is 0 Å². The van der Waals surface area contributed by atoms with E-state index in [4.69, 9.17) is 0 Å². The number of rotatable bonds is 2. The lowest BCUT2D eigenvalue weighted by molar-refractivity contribution is -0.527. The van der Waals surface area contributed by atoms with E-state index in [1.54, 1.807) is 29.7 Å². The van der Waals surface area contributed by atoms with E-state index in [1.165, 1.54) is 0 Å². The molecule has 16 heavy (non-hydrogen) atoms. The van der Waals surface area contributed by atoms with E-state index in [-0.39, 0.29) is 0 Å². The van der Waals surface area contributed by atoms with E-state index in [0.717, 1.165) is 5.39 Å². The fourth-order valence-electron chi connectivity index (χ4n) is 1.57. The lowest BCUT2D eigenvalue weighted by atomic mass is 10.0. The monoisotopic (exact) mass is 216 g/mol. The molecule has 0 heterocycles. The van der Waals surface area contributed by atoms with Crippen LogP contribution in [-0.2, 0) is 0 Å². The second kappa shape index (κ2) is 3.98. The molecule has 0 radical (unpaired) electrons. The third-order valence-electron chi connectivity index (χ3n) is 2.23. The van der Waals surface area contributed by atoms with Gasteiger partial charge in [0.2, 0.25) is 0 Å². The van der Waals surface area contributed by atoms with Crippen LogP contribution in [0.1, 0.15) is 10.4 Å². The predicted octanol–water partition coefficient (Wildman–Crippen LogP) is 1.76. The summed E-state index contributed by atoms with van der Waals surface area (Å²) in [5, 5.41) is 10.9. The number of hydrogen-bond acceptors (Lipinski definition) is 3. The first-order valence-corrected chi connectivity index (χ1v) is 4.61. The Bertz CT molecular complexity index is 561. The summed E-state index contributed by atoms with van der Waals surface area (Å²) in [6, 6.07) is 12.3. The van der Waals surface area contributed by atoms with Crippen LogP contribution in [0.3, 0.4) is 0 Å². The van der Waals surface area contributed by atoms with Crippen molar-refractivity contribution in [3.63, 3.8) is 0 Å². The first-order valence-electron chi connectivity index (χ1n) is 4.61. The van der Waals surface area contributed by atoms with Gasteiger partial charge in [-0.2, -0.15) is 0 Å². The van der Waals surface area contributed by atoms with Crippen molar-refractivity contribution in [2.24, 2.45) is 0 Å². The van der Waals surface area contributed by atoms with Crippen LogP contribution >= 0.6 is 0 Å². The van der Waals surface area contributed by atoms with E-state index in [1.807, 2.05) is 18.2 Å². The highest BCUT2D eigenvalue weighted by Gasteiger charge is 2.13. The van der Waals surface area contributed by atoms with Gasteiger partial charge < -0.3 is 0 Å². The molecule has 0 fully saturated rings. The van der Waals surface area contributed by atoms with Crippen molar-refractivity contribution in [1.82, 2.24) is 5.43 Å². The minimum atomic E-state index is -0.857. The first kappa shape index (κ1) is 10.1. The molecule has 0 aromatic heterocycles. The van der Waals surface area contributed by atoms with Gasteiger partial charge in [-0.05, 0) is 16.8 Å². The zero-order valence-corrected chi connectivity index (χ0v) is 8.21. The van der Waals surface area contributed by atoms with Gasteiger partial charge in [-0.15, -0.1) is 0 Å². The summed E-state index contributed by atoms with van der Waals surface area (Å²) in [7, 11) is 0. The van der Waals surface area contributed by atoms with Crippen molar-refractivity contribution in [2.45, 2.75) is 0 Å². The molecule has 2 aromatic rings. The highest BCUT2D eigenvalue weighted by molar-refractivity contribution is 6.06. The van der Waals surface area contributed by atoms with Crippen molar-refractivity contribution < 1.29 is 9.83 Å². The lowest BCUT2D eigenvalue weighted by Crippen LogP contribution is -2.29. The number of nitro groups is 1. The smallest absolute Gasteiger partial charge is 0.263 e. The second-order valence-corrected chi connectivity index (χ2v) is 3.22. The standard InChI is InChI=1S/C11H8N2O3/c14-11(12-13(15)16)10-7-3-5-8-4-1-2-6-9(8)10/h1-7H,(H,12,14). The van der Waals surface area contributed by atoms with Crippen molar-refractivity contribution in [1.29, 1.82) is 0 Å². The summed E-state index contributed by atoms with van der Waals surface area (Å²) < 4.78 is 0. The third-order valence-corrected chi connectivity index (χ3v) is 2.23. The van der Waals surface area contributed by atoms with E-state index in [9.17, 15) is 14.9 Å². The predicted molar refractivity (Wildman–Crippen MR) is 58.4 cm³/mol. The summed E-state index contributed by atoms with van der Waals surface area (Å²) in [6.07, 6.45) is 0. The van der Waals surface area contributed by atoms with Crippen molar-refractivity contribution >= 4 is 16.7 Å². The lowest BCUT2D eigenvalue weighted by Gasteiger charge is -2.02. The zero-order chi connectivity index (χ0) is 11.5. The molecule has 5 heteroatoms. The Morgan fingerprint density at radius 2 is 1.81 bits per heavy atom. The van der Waals surface area contributed by atoms with Gasteiger partial charge in [0.25, 0.3) is 0 Å². The Hall–Kier alpha value is -2.43. The maximum atomic E-state index is 11.5. The molecule has 0 aliphatic heterocycles. The summed E-state index contributed by atoms with van der Waals surface area (Å²) in [5.74, 6) is -0.707. The third kappa shape index (κ3) is 1.83. The molecule has 2 aromatic carbocycles. The quantitative estimate of drug-likeness (QED) is 0.614. The van der Waals surface area contributed by atoms with Crippen LogP contribution in [-0.4, -0.2) is 10.9 Å². The fourth-order valence-corrected chi connectivity index (χ4v) is 1.57. The van der Waals surface area contributed by atoms with Crippen molar-refractivity contribution in [3.05, 3.63) is 58.1 Å². The largest absolute Gasteiger partial charge is 0.311 e. The maximum absolute atomic E-state index is 11.5. The number of carbonyl (C=O) groups excluding carboxylic acids is 1. The van der Waals surface area contributed by atoms with E-state index >= 15 is 0 Å².